The number of pyridine rings is 1. The zero-order chi connectivity index (χ0) is 10.8. The Bertz CT molecular complexity index is 478. The van der Waals surface area contributed by atoms with Crippen LogP contribution in [-0.2, 0) is 6.54 Å². The Kier molecular flexibility index (Phi) is 2.73. The summed E-state index contributed by atoms with van der Waals surface area (Å²) in [7, 11) is 0. The van der Waals surface area contributed by atoms with E-state index < -0.39 is 0 Å². The molecule has 0 fully saturated rings. The maximum Gasteiger partial charge on any atom is 0.145 e. The van der Waals surface area contributed by atoms with E-state index in [1.54, 1.807) is 6.20 Å². The van der Waals surface area contributed by atoms with Crippen LogP contribution in [0.3, 0.4) is 0 Å². The topological polar surface area (TPSA) is 56.7 Å². The van der Waals surface area contributed by atoms with Gasteiger partial charge in [-0.2, -0.15) is 5.10 Å². The number of nitrogen functional groups attached to an aromatic ring is 1. The van der Waals surface area contributed by atoms with Crippen LogP contribution in [0, 0.1) is 6.92 Å². The smallest absolute Gasteiger partial charge is 0.145 e. The summed E-state index contributed by atoms with van der Waals surface area (Å²) in [6.07, 6.45) is 3.58. The first-order valence-electron chi connectivity index (χ1n) is 4.54. The molecule has 0 atom stereocenters. The molecule has 2 aromatic rings. The second-order valence-electron chi connectivity index (χ2n) is 3.38. The number of halogens is 1. The Labute approximate surface area is 96.3 Å². The Morgan fingerprint density at radius 1 is 1.40 bits per heavy atom. The standard InChI is InChI=1S/C10H11BrN4/c1-7-2-10(12)14-15(7)6-8-3-9(11)5-13-4-8/h2-5H,6H2,1H3,(H2,12,14). The molecular formula is C10H11BrN4. The quantitative estimate of drug-likeness (QED) is 0.905. The molecule has 0 amide bonds. The van der Waals surface area contributed by atoms with Crippen LogP contribution in [0.25, 0.3) is 0 Å². The Morgan fingerprint density at radius 2 is 2.20 bits per heavy atom. The van der Waals surface area contributed by atoms with Crippen molar-refractivity contribution in [1.82, 2.24) is 14.8 Å². The number of aromatic nitrogens is 3. The molecule has 2 N–H and O–H groups in total. The molecule has 0 aliphatic heterocycles. The third-order valence-electron chi connectivity index (χ3n) is 2.09. The second kappa shape index (κ2) is 4.02. The van der Waals surface area contributed by atoms with Gasteiger partial charge in [0.2, 0.25) is 0 Å². The highest BCUT2D eigenvalue weighted by molar-refractivity contribution is 9.10. The maximum absolute atomic E-state index is 5.61. The van der Waals surface area contributed by atoms with Crippen LogP contribution >= 0.6 is 15.9 Å². The molecule has 0 spiro atoms. The van der Waals surface area contributed by atoms with Crippen LogP contribution in [0.15, 0.2) is 29.0 Å². The molecule has 78 valence electrons. The highest BCUT2D eigenvalue weighted by Gasteiger charge is 2.02. The van der Waals surface area contributed by atoms with E-state index in [1.165, 1.54) is 0 Å². The fourth-order valence-corrected chi connectivity index (χ4v) is 1.82. The van der Waals surface area contributed by atoms with E-state index in [4.69, 9.17) is 5.73 Å². The lowest BCUT2D eigenvalue weighted by molar-refractivity contribution is 0.666. The Balaban J connectivity index is 2.25. The summed E-state index contributed by atoms with van der Waals surface area (Å²) in [5.41, 5.74) is 7.75. The largest absolute Gasteiger partial charge is 0.382 e. The maximum atomic E-state index is 5.61. The minimum absolute atomic E-state index is 0.551. The Morgan fingerprint density at radius 3 is 2.80 bits per heavy atom. The highest BCUT2D eigenvalue weighted by Crippen LogP contribution is 2.12. The number of hydrogen-bond donors (Lipinski definition) is 1. The van der Waals surface area contributed by atoms with Gasteiger partial charge in [-0.05, 0) is 34.5 Å². The number of hydrogen-bond acceptors (Lipinski definition) is 3. The number of rotatable bonds is 2. The molecule has 0 saturated carbocycles. The predicted molar refractivity (Wildman–Crippen MR) is 62.4 cm³/mol. The van der Waals surface area contributed by atoms with E-state index in [9.17, 15) is 0 Å². The summed E-state index contributed by atoms with van der Waals surface area (Å²) in [5.74, 6) is 0.551. The third kappa shape index (κ3) is 2.36. The molecule has 2 heterocycles. The van der Waals surface area contributed by atoms with E-state index in [-0.39, 0.29) is 0 Å². The van der Waals surface area contributed by atoms with Crippen LogP contribution in [0.5, 0.6) is 0 Å². The first-order chi connectivity index (χ1) is 7.15. The molecule has 2 rings (SSSR count). The van der Waals surface area contributed by atoms with Crippen molar-refractivity contribution >= 4 is 21.7 Å². The summed E-state index contributed by atoms with van der Waals surface area (Å²) in [5, 5.41) is 4.19. The van der Waals surface area contributed by atoms with E-state index in [2.05, 4.69) is 26.0 Å². The van der Waals surface area contributed by atoms with Gasteiger partial charge in [-0.25, -0.2) is 0 Å². The molecule has 0 saturated heterocycles. The average molecular weight is 267 g/mol. The van der Waals surface area contributed by atoms with Crippen molar-refractivity contribution in [2.75, 3.05) is 5.73 Å². The third-order valence-corrected chi connectivity index (χ3v) is 2.53. The van der Waals surface area contributed by atoms with Crippen molar-refractivity contribution in [2.24, 2.45) is 0 Å². The van der Waals surface area contributed by atoms with Gasteiger partial charge in [0.1, 0.15) is 5.82 Å². The summed E-state index contributed by atoms with van der Waals surface area (Å²) >= 11 is 3.38. The van der Waals surface area contributed by atoms with Gasteiger partial charge in [0.15, 0.2) is 0 Å². The van der Waals surface area contributed by atoms with E-state index >= 15 is 0 Å². The first-order valence-corrected chi connectivity index (χ1v) is 5.34. The molecule has 2 aromatic heterocycles. The zero-order valence-corrected chi connectivity index (χ0v) is 9.90. The van der Waals surface area contributed by atoms with Gasteiger partial charge in [0.05, 0.1) is 6.54 Å². The number of aryl methyl sites for hydroxylation is 1. The fraction of sp³-hybridized carbons (Fsp3) is 0.200. The van der Waals surface area contributed by atoms with Gasteiger partial charge in [-0.1, -0.05) is 0 Å². The zero-order valence-electron chi connectivity index (χ0n) is 8.31. The minimum Gasteiger partial charge on any atom is -0.382 e. The van der Waals surface area contributed by atoms with Gasteiger partial charge >= 0.3 is 0 Å². The van der Waals surface area contributed by atoms with Gasteiger partial charge < -0.3 is 5.73 Å². The van der Waals surface area contributed by atoms with Crippen molar-refractivity contribution in [3.8, 4) is 0 Å². The monoisotopic (exact) mass is 266 g/mol. The minimum atomic E-state index is 0.551. The SMILES string of the molecule is Cc1cc(N)nn1Cc1cncc(Br)c1. The summed E-state index contributed by atoms with van der Waals surface area (Å²) < 4.78 is 2.83. The lowest BCUT2D eigenvalue weighted by atomic mass is 10.3. The summed E-state index contributed by atoms with van der Waals surface area (Å²) in [4.78, 5) is 4.10. The van der Waals surface area contributed by atoms with Gasteiger partial charge in [0, 0.05) is 28.6 Å². The number of nitrogens with zero attached hydrogens (tertiary/aromatic N) is 3. The van der Waals surface area contributed by atoms with Crippen LogP contribution in [0.4, 0.5) is 5.82 Å². The van der Waals surface area contributed by atoms with Crippen molar-refractivity contribution in [3.05, 3.63) is 40.3 Å². The molecule has 0 aliphatic rings. The predicted octanol–water partition coefficient (Wildman–Crippen LogP) is 1.98. The molecule has 0 radical (unpaired) electrons. The Hall–Kier alpha value is -1.36. The fourth-order valence-electron chi connectivity index (χ4n) is 1.41. The van der Waals surface area contributed by atoms with Crippen LogP contribution in [-0.4, -0.2) is 14.8 Å². The number of nitrogens with two attached hydrogens (primary N) is 1. The number of anilines is 1. The molecular weight excluding hydrogens is 256 g/mol. The lowest BCUT2D eigenvalue weighted by Gasteiger charge is -2.03. The first kappa shape index (κ1) is 10.2. The normalized spacial score (nSPS) is 10.5. The van der Waals surface area contributed by atoms with Crippen LogP contribution < -0.4 is 5.73 Å². The van der Waals surface area contributed by atoms with E-state index in [0.29, 0.717) is 12.4 Å². The van der Waals surface area contributed by atoms with Crippen molar-refractivity contribution in [3.63, 3.8) is 0 Å². The average Bonchev–Trinajstić information content (AvgIpc) is 2.45. The van der Waals surface area contributed by atoms with Crippen molar-refractivity contribution in [2.45, 2.75) is 13.5 Å². The molecule has 0 aliphatic carbocycles. The van der Waals surface area contributed by atoms with Gasteiger partial charge in [0.25, 0.3) is 0 Å². The molecule has 0 unspecified atom stereocenters. The van der Waals surface area contributed by atoms with Gasteiger partial charge in [-0.3, -0.25) is 9.67 Å². The molecule has 0 bridgehead atoms. The van der Waals surface area contributed by atoms with Crippen molar-refractivity contribution < 1.29 is 0 Å². The van der Waals surface area contributed by atoms with Gasteiger partial charge in [-0.15, -0.1) is 0 Å². The highest BCUT2D eigenvalue weighted by atomic mass is 79.9. The molecule has 15 heavy (non-hydrogen) atoms. The van der Waals surface area contributed by atoms with E-state index in [1.807, 2.05) is 29.9 Å². The van der Waals surface area contributed by atoms with Crippen LogP contribution in [0.2, 0.25) is 0 Å². The molecule has 4 nitrogen and oxygen atoms in total. The summed E-state index contributed by atoms with van der Waals surface area (Å²) in [6.45, 7) is 2.67. The molecule has 5 heteroatoms. The lowest BCUT2D eigenvalue weighted by Crippen LogP contribution is -2.04. The van der Waals surface area contributed by atoms with E-state index in [0.717, 1.165) is 15.7 Å². The second-order valence-corrected chi connectivity index (χ2v) is 4.30. The van der Waals surface area contributed by atoms with Crippen LogP contribution in [0.1, 0.15) is 11.3 Å². The molecule has 0 aromatic carbocycles. The van der Waals surface area contributed by atoms with Crippen molar-refractivity contribution in [1.29, 1.82) is 0 Å². The summed E-state index contributed by atoms with van der Waals surface area (Å²) in [6, 6.07) is 3.87.